The fraction of sp³-hybridized carbons (Fsp3) is 0.368. The molecule has 0 aliphatic carbocycles. The van der Waals surface area contributed by atoms with Crippen LogP contribution in [0.15, 0.2) is 41.8 Å². The third kappa shape index (κ3) is 4.54. The highest BCUT2D eigenvalue weighted by Crippen LogP contribution is 2.21. The third-order valence-electron chi connectivity index (χ3n) is 4.25. The molecule has 0 bridgehead atoms. The lowest BCUT2D eigenvalue weighted by Gasteiger charge is -2.24. The average molecular weight is 373 g/mol. The maximum Gasteiger partial charge on any atom is 0.322 e. The van der Waals surface area contributed by atoms with Crippen molar-refractivity contribution >= 4 is 29.0 Å². The first-order chi connectivity index (χ1) is 12.7. The number of hydrogen-bond acceptors (Lipinski definition) is 4. The van der Waals surface area contributed by atoms with E-state index in [2.05, 4.69) is 10.6 Å². The van der Waals surface area contributed by atoms with Crippen LogP contribution in [-0.4, -0.2) is 36.0 Å². The van der Waals surface area contributed by atoms with Crippen LogP contribution in [0, 0.1) is 0 Å². The Morgan fingerprint density at radius 1 is 1.27 bits per heavy atom. The van der Waals surface area contributed by atoms with Gasteiger partial charge in [0.2, 0.25) is 5.91 Å². The maximum absolute atomic E-state index is 12.6. The highest BCUT2D eigenvalue weighted by Gasteiger charge is 2.34. The predicted molar refractivity (Wildman–Crippen MR) is 103 cm³/mol. The molecule has 2 heterocycles. The number of amides is 3. The number of likely N-dealkylation sites (tertiary alicyclic amines) is 1. The average Bonchev–Trinajstić information content (AvgIpc) is 3.33. The second-order valence-electron chi connectivity index (χ2n) is 6.04. The number of carbonyl (C=O) groups excluding carboxylic acids is 2. The van der Waals surface area contributed by atoms with Crippen LogP contribution in [0.5, 0.6) is 5.75 Å². The van der Waals surface area contributed by atoms with Gasteiger partial charge in [0, 0.05) is 17.1 Å². The first-order valence-electron chi connectivity index (χ1n) is 8.78. The molecule has 3 rings (SSSR count). The lowest BCUT2D eigenvalue weighted by Crippen LogP contribution is -2.47. The normalized spacial score (nSPS) is 16.3. The standard InChI is InChI=1S/C19H23N3O3S/c1-2-25-15-9-7-14(8-10-15)21-19(24)22-11-3-6-17(22)18(23)20-13-16-5-4-12-26-16/h4-5,7-10,12,17H,2-3,6,11,13H2,1H3,(H,20,23)(H,21,24). The number of rotatable bonds is 6. The largest absolute Gasteiger partial charge is 0.494 e. The van der Waals surface area contributed by atoms with Gasteiger partial charge in [0.05, 0.1) is 13.2 Å². The SMILES string of the molecule is CCOc1ccc(NC(=O)N2CCCC2C(=O)NCc2cccs2)cc1. The van der Waals surface area contributed by atoms with Crippen molar-refractivity contribution in [2.45, 2.75) is 32.4 Å². The van der Waals surface area contributed by atoms with Crippen molar-refractivity contribution in [1.29, 1.82) is 0 Å². The first kappa shape index (κ1) is 18.3. The van der Waals surface area contributed by atoms with E-state index in [9.17, 15) is 9.59 Å². The van der Waals surface area contributed by atoms with Crippen molar-refractivity contribution in [2.75, 3.05) is 18.5 Å². The Morgan fingerprint density at radius 3 is 2.77 bits per heavy atom. The topological polar surface area (TPSA) is 70.7 Å². The second kappa shape index (κ2) is 8.71. The highest BCUT2D eigenvalue weighted by atomic mass is 32.1. The van der Waals surface area contributed by atoms with Gasteiger partial charge in [-0.05, 0) is 55.5 Å². The van der Waals surface area contributed by atoms with Crippen molar-refractivity contribution in [3.63, 3.8) is 0 Å². The quantitative estimate of drug-likeness (QED) is 0.815. The van der Waals surface area contributed by atoms with Crippen LogP contribution in [0.4, 0.5) is 10.5 Å². The number of carbonyl (C=O) groups is 2. The van der Waals surface area contributed by atoms with Crippen LogP contribution in [0.3, 0.4) is 0 Å². The summed E-state index contributed by atoms with van der Waals surface area (Å²) in [6.07, 6.45) is 1.51. The van der Waals surface area contributed by atoms with E-state index < -0.39 is 6.04 Å². The summed E-state index contributed by atoms with van der Waals surface area (Å²) < 4.78 is 5.40. The van der Waals surface area contributed by atoms with E-state index in [1.54, 1.807) is 28.4 Å². The van der Waals surface area contributed by atoms with Gasteiger partial charge in [-0.25, -0.2) is 4.79 Å². The van der Waals surface area contributed by atoms with Crippen LogP contribution in [0.2, 0.25) is 0 Å². The van der Waals surface area contributed by atoms with Crippen molar-refractivity contribution in [2.24, 2.45) is 0 Å². The van der Waals surface area contributed by atoms with Crippen molar-refractivity contribution in [1.82, 2.24) is 10.2 Å². The van der Waals surface area contributed by atoms with Gasteiger partial charge in [-0.15, -0.1) is 11.3 Å². The van der Waals surface area contributed by atoms with E-state index in [4.69, 9.17) is 4.74 Å². The first-order valence-corrected chi connectivity index (χ1v) is 9.66. The molecule has 1 aliphatic rings. The number of nitrogens with zero attached hydrogens (tertiary/aromatic N) is 1. The molecule has 1 aromatic heterocycles. The Kier molecular flexibility index (Phi) is 6.12. The van der Waals surface area contributed by atoms with Gasteiger partial charge in [-0.1, -0.05) is 6.07 Å². The molecule has 0 saturated carbocycles. The molecule has 2 N–H and O–H groups in total. The summed E-state index contributed by atoms with van der Waals surface area (Å²) in [5.41, 5.74) is 0.683. The Hall–Kier alpha value is -2.54. The summed E-state index contributed by atoms with van der Waals surface area (Å²) in [6, 6.07) is 10.5. The molecule has 2 aromatic rings. The van der Waals surface area contributed by atoms with Gasteiger partial charge >= 0.3 is 6.03 Å². The summed E-state index contributed by atoms with van der Waals surface area (Å²) in [5.74, 6) is 0.662. The van der Waals surface area contributed by atoms with Crippen molar-refractivity contribution in [3.8, 4) is 5.75 Å². The van der Waals surface area contributed by atoms with Crippen LogP contribution in [-0.2, 0) is 11.3 Å². The summed E-state index contributed by atoms with van der Waals surface area (Å²) in [4.78, 5) is 27.8. The molecule has 0 spiro atoms. The molecule has 26 heavy (non-hydrogen) atoms. The number of thiophene rings is 1. The number of hydrogen-bond donors (Lipinski definition) is 2. The molecule has 1 unspecified atom stereocenters. The fourth-order valence-corrected chi connectivity index (χ4v) is 3.63. The number of ether oxygens (including phenoxy) is 1. The van der Waals surface area contributed by atoms with Crippen LogP contribution in [0.25, 0.3) is 0 Å². The molecule has 138 valence electrons. The van der Waals surface area contributed by atoms with Crippen LogP contribution in [0.1, 0.15) is 24.6 Å². The Balaban J connectivity index is 1.56. The van der Waals surface area contributed by atoms with Gasteiger partial charge in [0.25, 0.3) is 0 Å². The lowest BCUT2D eigenvalue weighted by atomic mass is 10.2. The number of urea groups is 1. The van der Waals surface area contributed by atoms with E-state index >= 15 is 0 Å². The van der Waals surface area contributed by atoms with Crippen LogP contribution < -0.4 is 15.4 Å². The van der Waals surface area contributed by atoms with Crippen molar-refractivity contribution in [3.05, 3.63) is 46.7 Å². The molecule has 1 aromatic carbocycles. The molecule has 1 fully saturated rings. The van der Waals surface area contributed by atoms with E-state index in [0.717, 1.165) is 17.0 Å². The molecular weight excluding hydrogens is 350 g/mol. The summed E-state index contributed by atoms with van der Waals surface area (Å²) in [5, 5.41) is 7.77. The molecule has 1 atom stereocenters. The van der Waals surface area contributed by atoms with E-state index in [1.807, 2.05) is 36.6 Å². The molecule has 6 nitrogen and oxygen atoms in total. The van der Waals surface area contributed by atoms with Crippen molar-refractivity contribution < 1.29 is 14.3 Å². The minimum Gasteiger partial charge on any atom is -0.494 e. The molecule has 1 aliphatic heterocycles. The summed E-state index contributed by atoms with van der Waals surface area (Å²) >= 11 is 1.60. The monoisotopic (exact) mass is 373 g/mol. The smallest absolute Gasteiger partial charge is 0.322 e. The third-order valence-corrected chi connectivity index (χ3v) is 5.13. The number of anilines is 1. The zero-order valence-electron chi connectivity index (χ0n) is 14.7. The minimum atomic E-state index is -0.419. The second-order valence-corrected chi connectivity index (χ2v) is 7.07. The summed E-state index contributed by atoms with van der Waals surface area (Å²) in [6.45, 7) is 3.61. The maximum atomic E-state index is 12.6. The van der Waals surface area contributed by atoms with Gasteiger partial charge in [0.15, 0.2) is 0 Å². The summed E-state index contributed by atoms with van der Waals surface area (Å²) in [7, 11) is 0. The van der Waals surface area contributed by atoms with Gasteiger partial charge in [0.1, 0.15) is 11.8 Å². The Morgan fingerprint density at radius 2 is 2.08 bits per heavy atom. The fourth-order valence-electron chi connectivity index (χ4n) is 2.98. The zero-order valence-corrected chi connectivity index (χ0v) is 15.6. The molecular formula is C19H23N3O3S. The number of benzene rings is 1. The van der Waals surface area contributed by atoms with Gasteiger partial charge in [-0.3, -0.25) is 4.79 Å². The lowest BCUT2D eigenvalue weighted by molar-refractivity contribution is -0.124. The van der Waals surface area contributed by atoms with E-state index in [0.29, 0.717) is 31.8 Å². The Labute approximate surface area is 157 Å². The van der Waals surface area contributed by atoms with Gasteiger partial charge < -0.3 is 20.3 Å². The molecule has 3 amide bonds. The molecule has 1 saturated heterocycles. The predicted octanol–water partition coefficient (Wildman–Crippen LogP) is 3.46. The minimum absolute atomic E-state index is 0.0993. The molecule has 0 radical (unpaired) electrons. The van der Waals surface area contributed by atoms with Crippen LogP contribution >= 0.6 is 11.3 Å². The molecule has 7 heteroatoms. The van der Waals surface area contributed by atoms with E-state index in [-0.39, 0.29) is 11.9 Å². The zero-order chi connectivity index (χ0) is 18.4. The highest BCUT2D eigenvalue weighted by molar-refractivity contribution is 7.09. The Bertz CT molecular complexity index is 731. The van der Waals surface area contributed by atoms with Gasteiger partial charge in [-0.2, -0.15) is 0 Å². The number of nitrogens with one attached hydrogen (secondary N) is 2. The van der Waals surface area contributed by atoms with E-state index in [1.165, 1.54) is 0 Å².